The highest BCUT2D eigenvalue weighted by molar-refractivity contribution is 7.08. The van der Waals surface area contributed by atoms with Crippen LogP contribution >= 0.6 is 11.3 Å². The van der Waals surface area contributed by atoms with Crippen LogP contribution in [0.1, 0.15) is 16.9 Å². The fourth-order valence-electron chi connectivity index (χ4n) is 4.11. The Balaban J connectivity index is 1.20. The van der Waals surface area contributed by atoms with Gasteiger partial charge in [0.25, 0.3) is 0 Å². The van der Waals surface area contributed by atoms with Gasteiger partial charge in [0.15, 0.2) is 0 Å². The average Bonchev–Trinajstić information content (AvgIpc) is 3.44. The zero-order chi connectivity index (χ0) is 20.3. The van der Waals surface area contributed by atoms with Crippen LogP contribution in [0.3, 0.4) is 0 Å². The predicted molar refractivity (Wildman–Crippen MR) is 121 cm³/mol. The van der Waals surface area contributed by atoms with Gasteiger partial charge in [-0.25, -0.2) is 0 Å². The van der Waals surface area contributed by atoms with Crippen LogP contribution in [0.2, 0.25) is 0 Å². The molecule has 0 N–H and O–H groups in total. The van der Waals surface area contributed by atoms with Gasteiger partial charge in [0.2, 0.25) is 0 Å². The summed E-state index contributed by atoms with van der Waals surface area (Å²) in [5.41, 5.74) is 5.41. The lowest BCUT2D eigenvalue weighted by atomic mass is 10.1. The minimum absolute atomic E-state index is 0.734. The van der Waals surface area contributed by atoms with Crippen molar-refractivity contribution in [1.29, 1.82) is 5.26 Å². The summed E-state index contributed by atoms with van der Waals surface area (Å²) in [7, 11) is 0. The number of furan rings is 1. The van der Waals surface area contributed by atoms with E-state index < -0.39 is 0 Å². The normalized spacial score (nSPS) is 15.4. The summed E-state index contributed by atoms with van der Waals surface area (Å²) >= 11 is 1.72. The molecule has 5 rings (SSSR count). The van der Waals surface area contributed by atoms with E-state index >= 15 is 0 Å². The van der Waals surface area contributed by atoms with E-state index in [0.29, 0.717) is 0 Å². The highest BCUT2D eigenvalue weighted by Crippen LogP contribution is 2.28. The summed E-state index contributed by atoms with van der Waals surface area (Å²) in [6.07, 6.45) is 0. The van der Waals surface area contributed by atoms with Crippen LogP contribution in [-0.2, 0) is 13.1 Å². The molecular formula is C25H23N3OS. The van der Waals surface area contributed by atoms with E-state index in [1.807, 2.05) is 18.2 Å². The van der Waals surface area contributed by atoms with Crippen LogP contribution in [0.4, 0.5) is 0 Å². The molecule has 150 valence electrons. The Morgan fingerprint density at radius 1 is 0.900 bits per heavy atom. The van der Waals surface area contributed by atoms with Crippen molar-refractivity contribution < 1.29 is 4.42 Å². The van der Waals surface area contributed by atoms with Gasteiger partial charge in [-0.15, -0.1) is 0 Å². The summed E-state index contributed by atoms with van der Waals surface area (Å²) in [5.74, 6) is 1.03. The summed E-state index contributed by atoms with van der Waals surface area (Å²) in [5, 5.41) is 14.5. The molecule has 0 atom stereocenters. The standard InChI is InChI=1S/C25H23N3OS/c26-15-19-2-1-3-20(12-19)16-27-7-9-28(10-8-27)17-24-14-23-13-21(4-5-25(23)29-24)22-6-11-30-18-22/h1-6,11-14,18H,7-10,16-17H2. The number of piperazine rings is 1. The summed E-state index contributed by atoms with van der Waals surface area (Å²) in [6, 6.07) is 20.9. The predicted octanol–water partition coefficient (Wildman–Crippen LogP) is 5.35. The average molecular weight is 414 g/mol. The lowest BCUT2D eigenvalue weighted by Gasteiger charge is -2.34. The Hall–Kier alpha value is -2.91. The number of nitriles is 1. The van der Waals surface area contributed by atoms with Crippen molar-refractivity contribution in [3.8, 4) is 17.2 Å². The molecule has 2 aromatic heterocycles. The molecule has 0 amide bonds. The monoisotopic (exact) mass is 413 g/mol. The Bertz CT molecular complexity index is 1180. The zero-order valence-corrected chi connectivity index (χ0v) is 17.6. The van der Waals surface area contributed by atoms with E-state index in [0.717, 1.165) is 56.2 Å². The number of hydrogen-bond acceptors (Lipinski definition) is 5. The van der Waals surface area contributed by atoms with Gasteiger partial charge < -0.3 is 4.42 Å². The second kappa shape index (κ2) is 8.45. The van der Waals surface area contributed by atoms with Gasteiger partial charge in [0.1, 0.15) is 11.3 Å². The minimum Gasteiger partial charge on any atom is -0.460 e. The van der Waals surface area contributed by atoms with E-state index in [2.05, 4.69) is 63.0 Å². The first kappa shape index (κ1) is 19.1. The van der Waals surface area contributed by atoms with Crippen LogP contribution in [0.15, 0.2) is 69.8 Å². The summed E-state index contributed by atoms with van der Waals surface area (Å²) < 4.78 is 6.11. The second-order valence-electron chi connectivity index (χ2n) is 7.84. The van der Waals surface area contributed by atoms with E-state index in [4.69, 9.17) is 9.68 Å². The quantitative estimate of drug-likeness (QED) is 0.442. The van der Waals surface area contributed by atoms with Gasteiger partial charge >= 0.3 is 0 Å². The number of rotatable bonds is 5. The lowest BCUT2D eigenvalue weighted by molar-refractivity contribution is 0.116. The molecule has 1 aliphatic rings. The van der Waals surface area contributed by atoms with Crippen LogP contribution in [0, 0.1) is 11.3 Å². The highest BCUT2D eigenvalue weighted by atomic mass is 32.1. The Kier molecular flexibility index (Phi) is 5.37. The fraction of sp³-hybridized carbons (Fsp3) is 0.240. The van der Waals surface area contributed by atoms with E-state index in [1.54, 1.807) is 11.3 Å². The Labute approximate surface area is 180 Å². The minimum atomic E-state index is 0.734. The molecule has 1 aliphatic heterocycles. The first-order valence-electron chi connectivity index (χ1n) is 10.3. The van der Waals surface area contributed by atoms with Crippen molar-refractivity contribution in [2.24, 2.45) is 0 Å². The van der Waals surface area contributed by atoms with E-state index in [1.165, 1.54) is 22.1 Å². The maximum Gasteiger partial charge on any atom is 0.134 e. The zero-order valence-electron chi connectivity index (χ0n) is 16.8. The van der Waals surface area contributed by atoms with Gasteiger partial charge in [-0.1, -0.05) is 18.2 Å². The van der Waals surface area contributed by atoms with Crippen LogP contribution < -0.4 is 0 Å². The molecule has 2 aromatic carbocycles. The second-order valence-corrected chi connectivity index (χ2v) is 8.62. The van der Waals surface area contributed by atoms with Gasteiger partial charge in [-0.3, -0.25) is 9.80 Å². The molecule has 1 fully saturated rings. The van der Waals surface area contributed by atoms with Crippen LogP contribution in [0.5, 0.6) is 0 Å². The summed E-state index contributed by atoms with van der Waals surface area (Å²) in [6.45, 7) is 5.85. The number of benzene rings is 2. The Morgan fingerprint density at radius 2 is 1.73 bits per heavy atom. The maximum absolute atomic E-state index is 9.08. The fourth-order valence-corrected chi connectivity index (χ4v) is 4.77. The number of nitrogens with zero attached hydrogens (tertiary/aromatic N) is 3. The van der Waals surface area contributed by atoms with Crippen molar-refractivity contribution >= 4 is 22.3 Å². The third-order valence-corrected chi connectivity index (χ3v) is 6.41. The molecule has 5 heteroatoms. The topological polar surface area (TPSA) is 43.4 Å². The first-order chi connectivity index (χ1) is 14.8. The van der Waals surface area contributed by atoms with Gasteiger partial charge in [0, 0.05) is 38.1 Å². The molecule has 1 saturated heterocycles. The summed E-state index contributed by atoms with van der Waals surface area (Å²) in [4.78, 5) is 4.92. The van der Waals surface area contributed by atoms with Crippen LogP contribution in [-0.4, -0.2) is 36.0 Å². The first-order valence-corrected chi connectivity index (χ1v) is 11.2. The molecule has 0 aliphatic carbocycles. The molecular weight excluding hydrogens is 390 g/mol. The molecule has 3 heterocycles. The molecule has 30 heavy (non-hydrogen) atoms. The third kappa shape index (κ3) is 4.17. The van der Waals surface area contributed by atoms with E-state index in [-0.39, 0.29) is 0 Å². The van der Waals surface area contributed by atoms with Gasteiger partial charge in [0.05, 0.1) is 18.2 Å². The van der Waals surface area contributed by atoms with Crippen molar-refractivity contribution in [2.45, 2.75) is 13.1 Å². The molecule has 0 radical (unpaired) electrons. The molecule has 0 bridgehead atoms. The molecule has 4 aromatic rings. The van der Waals surface area contributed by atoms with E-state index in [9.17, 15) is 0 Å². The van der Waals surface area contributed by atoms with Crippen molar-refractivity contribution in [1.82, 2.24) is 9.80 Å². The molecule has 4 nitrogen and oxygen atoms in total. The molecule has 0 saturated carbocycles. The molecule has 0 unspecified atom stereocenters. The van der Waals surface area contributed by atoms with Gasteiger partial charge in [-0.2, -0.15) is 16.6 Å². The maximum atomic E-state index is 9.08. The van der Waals surface area contributed by atoms with Crippen LogP contribution in [0.25, 0.3) is 22.1 Å². The number of thiophene rings is 1. The largest absolute Gasteiger partial charge is 0.460 e. The lowest BCUT2D eigenvalue weighted by Crippen LogP contribution is -2.45. The van der Waals surface area contributed by atoms with Crippen molar-refractivity contribution in [2.75, 3.05) is 26.2 Å². The molecule has 0 spiro atoms. The highest BCUT2D eigenvalue weighted by Gasteiger charge is 2.18. The number of fused-ring (bicyclic) bond motifs is 1. The van der Waals surface area contributed by atoms with Crippen molar-refractivity contribution in [3.05, 3.63) is 82.2 Å². The number of hydrogen-bond donors (Lipinski definition) is 0. The SMILES string of the molecule is N#Cc1cccc(CN2CCN(Cc3cc4cc(-c5ccsc5)ccc4o3)CC2)c1. The van der Waals surface area contributed by atoms with Gasteiger partial charge in [-0.05, 0) is 63.8 Å². The third-order valence-electron chi connectivity index (χ3n) is 5.73. The Morgan fingerprint density at radius 3 is 2.50 bits per heavy atom. The smallest absolute Gasteiger partial charge is 0.134 e. The van der Waals surface area contributed by atoms with Crippen molar-refractivity contribution in [3.63, 3.8) is 0 Å².